The number of alkyl halides is 3. The lowest BCUT2D eigenvalue weighted by Crippen LogP contribution is -2.30. The van der Waals surface area contributed by atoms with E-state index in [0.29, 0.717) is 36.8 Å². The maximum Gasteiger partial charge on any atom is 0.573 e. The Morgan fingerprint density at radius 2 is 1.45 bits per heavy atom. The Hall–Kier alpha value is -1.86. The van der Waals surface area contributed by atoms with Crippen LogP contribution < -0.4 is 9.47 Å². The number of hydrogen-bond donors (Lipinski definition) is 0. The smallest absolute Gasteiger partial charge is 0.426 e. The molecular weight excluding hydrogens is 443 g/mol. The molecule has 0 unspecified atom stereocenters. The van der Waals surface area contributed by atoms with Crippen LogP contribution in [0.15, 0.2) is 12.1 Å². The molecule has 33 heavy (non-hydrogen) atoms. The molecular formula is C25H33F5O3. The van der Waals surface area contributed by atoms with Crippen molar-refractivity contribution in [3.8, 4) is 11.5 Å². The number of esters is 1. The van der Waals surface area contributed by atoms with E-state index in [-0.39, 0.29) is 5.92 Å². The number of rotatable bonds is 8. The zero-order valence-corrected chi connectivity index (χ0v) is 19.1. The van der Waals surface area contributed by atoms with Crippen molar-refractivity contribution >= 4 is 5.97 Å². The van der Waals surface area contributed by atoms with Crippen LogP contribution in [-0.2, 0) is 4.79 Å². The van der Waals surface area contributed by atoms with Gasteiger partial charge in [0.25, 0.3) is 0 Å². The fraction of sp³-hybridized carbons (Fsp3) is 0.720. The van der Waals surface area contributed by atoms with Gasteiger partial charge in [0.2, 0.25) is 5.75 Å². The third kappa shape index (κ3) is 7.57. The lowest BCUT2D eigenvalue weighted by atomic mass is 9.68. The minimum absolute atomic E-state index is 0.371. The molecule has 3 rings (SSSR count). The normalized spacial score (nSPS) is 26.1. The zero-order valence-electron chi connectivity index (χ0n) is 19.1. The summed E-state index contributed by atoms with van der Waals surface area (Å²) >= 11 is 0. The highest BCUT2D eigenvalue weighted by molar-refractivity contribution is 5.75. The summed E-state index contributed by atoms with van der Waals surface area (Å²) in [6.07, 6.45) is 8.24. The molecule has 0 heterocycles. The topological polar surface area (TPSA) is 35.5 Å². The number of unbranched alkanes of at least 4 members (excludes halogenated alkanes) is 2. The third-order valence-corrected chi connectivity index (χ3v) is 7.29. The van der Waals surface area contributed by atoms with Gasteiger partial charge >= 0.3 is 12.3 Å². The molecule has 0 amide bonds. The van der Waals surface area contributed by atoms with Gasteiger partial charge in [0.1, 0.15) is 5.75 Å². The second-order valence-corrected chi connectivity index (χ2v) is 9.57. The van der Waals surface area contributed by atoms with Gasteiger partial charge in [-0.1, -0.05) is 45.4 Å². The second kappa shape index (κ2) is 11.5. The fourth-order valence-corrected chi connectivity index (χ4v) is 5.47. The first-order chi connectivity index (χ1) is 15.7. The van der Waals surface area contributed by atoms with Gasteiger partial charge in [-0.15, -0.1) is 13.2 Å². The van der Waals surface area contributed by atoms with Crippen LogP contribution in [0.4, 0.5) is 22.0 Å². The van der Waals surface area contributed by atoms with Crippen LogP contribution >= 0.6 is 0 Å². The molecule has 1 aromatic rings. The monoisotopic (exact) mass is 476 g/mol. The first kappa shape index (κ1) is 25.8. The Morgan fingerprint density at radius 1 is 0.909 bits per heavy atom. The van der Waals surface area contributed by atoms with E-state index in [0.717, 1.165) is 18.8 Å². The molecule has 3 nitrogen and oxygen atoms in total. The fourth-order valence-electron chi connectivity index (χ4n) is 5.47. The predicted octanol–water partition coefficient (Wildman–Crippen LogP) is 7.96. The van der Waals surface area contributed by atoms with Crippen molar-refractivity contribution in [2.45, 2.75) is 90.3 Å². The number of carbonyl (C=O) groups excluding carboxylic acids is 1. The van der Waals surface area contributed by atoms with Gasteiger partial charge < -0.3 is 9.47 Å². The number of hydrogen-bond acceptors (Lipinski definition) is 3. The SMILES string of the molecule is CCCCCC1CCC(C2CCC(C(=O)Oc3cc(F)c(OC(F)(F)F)c(F)c3)CC2)CC1. The van der Waals surface area contributed by atoms with Crippen LogP contribution in [-0.4, -0.2) is 12.3 Å². The molecule has 0 saturated heterocycles. The average Bonchev–Trinajstić information content (AvgIpc) is 2.76. The van der Waals surface area contributed by atoms with E-state index in [2.05, 4.69) is 11.7 Å². The van der Waals surface area contributed by atoms with Crippen molar-refractivity contribution in [3.63, 3.8) is 0 Å². The highest BCUT2D eigenvalue weighted by Gasteiger charge is 2.36. The molecule has 0 radical (unpaired) electrons. The molecule has 0 aromatic heterocycles. The largest absolute Gasteiger partial charge is 0.573 e. The first-order valence-electron chi connectivity index (χ1n) is 12.1. The van der Waals surface area contributed by atoms with Crippen LogP contribution in [0.2, 0.25) is 0 Å². The maximum absolute atomic E-state index is 13.8. The van der Waals surface area contributed by atoms with Crippen molar-refractivity contribution in [1.82, 2.24) is 0 Å². The standard InChI is InChI=1S/C25H33F5O3/c1-2-3-4-5-16-6-8-17(9-7-16)18-10-12-19(13-11-18)24(31)32-20-14-21(26)23(22(27)15-20)33-25(28,29)30/h14-19H,2-13H2,1H3. The van der Waals surface area contributed by atoms with Gasteiger partial charge in [-0.2, -0.15) is 0 Å². The summed E-state index contributed by atoms with van der Waals surface area (Å²) in [4.78, 5) is 12.5. The summed E-state index contributed by atoms with van der Waals surface area (Å²) in [7, 11) is 0. The van der Waals surface area contributed by atoms with E-state index >= 15 is 0 Å². The highest BCUT2D eigenvalue weighted by atomic mass is 19.4. The van der Waals surface area contributed by atoms with Crippen molar-refractivity contribution in [2.75, 3.05) is 0 Å². The summed E-state index contributed by atoms with van der Waals surface area (Å²) < 4.78 is 72.9. The number of halogens is 5. The van der Waals surface area contributed by atoms with E-state index < -0.39 is 35.5 Å². The molecule has 0 atom stereocenters. The Balaban J connectivity index is 1.45. The first-order valence-corrected chi connectivity index (χ1v) is 12.1. The zero-order chi connectivity index (χ0) is 24.0. The number of benzene rings is 1. The van der Waals surface area contributed by atoms with E-state index in [9.17, 15) is 26.7 Å². The molecule has 1 aromatic carbocycles. The van der Waals surface area contributed by atoms with Gasteiger partial charge in [-0.3, -0.25) is 4.79 Å². The highest BCUT2D eigenvalue weighted by Crippen LogP contribution is 2.42. The van der Waals surface area contributed by atoms with Crippen molar-refractivity contribution in [2.24, 2.45) is 23.7 Å². The van der Waals surface area contributed by atoms with E-state index in [4.69, 9.17) is 4.74 Å². The van der Waals surface area contributed by atoms with Gasteiger partial charge in [-0.25, -0.2) is 8.78 Å². The predicted molar refractivity (Wildman–Crippen MR) is 114 cm³/mol. The van der Waals surface area contributed by atoms with Gasteiger partial charge in [0.05, 0.1) is 5.92 Å². The van der Waals surface area contributed by atoms with Gasteiger partial charge in [0, 0.05) is 12.1 Å². The van der Waals surface area contributed by atoms with Crippen LogP contribution in [0.1, 0.15) is 84.0 Å². The number of ether oxygens (including phenoxy) is 2. The number of carbonyl (C=O) groups is 1. The van der Waals surface area contributed by atoms with Gasteiger partial charge in [-0.05, 0) is 56.3 Å². The van der Waals surface area contributed by atoms with E-state index in [1.807, 2.05) is 0 Å². The summed E-state index contributed by atoms with van der Waals surface area (Å²) in [5.41, 5.74) is 0. The van der Waals surface area contributed by atoms with Crippen molar-refractivity contribution in [3.05, 3.63) is 23.8 Å². The quantitative estimate of drug-likeness (QED) is 0.165. The third-order valence-electron chi connectivity index (χ3n) is 7.29. The molecule has 2 aliphatic rings. The lowest BCUT2D eigenvalue weighted by molar-refractivity contribution is -0.276. The van der Waals surface area contributed by atoms with Crippen LogP contribution in [0.25, 0.3) is 0 Å². The lowest BCUT2D eigenvalue weighted by Gasteiger charge is -2.37. The molecule has 0 bridgehead atoms. The second-order valence-electron chi connectivity index (χ2n) is 9.57. The summed E-state index contributed by atoms with van der Waals surface area (Å²) in [6, 6.07) is 1.07. The molecule has 2 saturated carbocycles. The van der Waals surface area contributed by atoms with Crippen LogP contribution in [0.5, 0.6) is 11.5 Å². The molecule has 0 aliphatic heterocycles. The molecule has 0 N–H and O–H groups in total. The Morgan fingerprint density at radius 3 is 1.97 bits per heavy atom. The summed E-state index contributed by atoms with van der Waals surface area (Å²) in [5, 5.41) is 0. The molecule has 8 heteroatoms. The minimum Gasteiger partial charge on any atom is -0.426 e. The Kier molecular flexibility index (Phi) is 8.99. The molecule has 2 aliphatic carbocycles. The van der Waals surface area contributed by atoms with Crippen LogP contribution in [0.3, 0.4) is 0 Å². The molecule has 0 spiro atoms. The summed E-state index contributed by atoms with van der Waals surface area (Å²) in [6.45, 7) is 2.23. The Labute approximate surface area is 192 Å². The Bertz CT molecular complexity index is 756. The maximum atomic E-state index is 13.8. The molecule has 186 valence electrons. The van der Waals surface area contributed by atoms with Crippen LogP contribution in [0, 0.1) is 35.3 Å². The van der Waals surface area contributed by atoms with Crippen molar-refractivity contribution < 1.29 is 36.2 Å². The minimum atomic E-state index is -5.23. The summed E-state index contributed by atoms with van der Waals surface area (Å²) in [5.74, 6) is -4.01. The average molecular weight is 477 g/mol. The van der Waals surface area contributed by atoms with Gasteiger partial charge in [0.15, 0.2) is 11.6 Å². The van der Waals surface area contributed by atoms with E-state index in [1.54, 1.807) is 0 Å². The molecule has 2 fully saturated rings. The van der Waals surface area contributed by atoms with Crippen molar-refractivity contribution in [1.29, 1.82) is 0 Å². The van der Waals surface area contributed by atoms with E-state index in [1.165, 1.54) is 51.4 Å².